The first-order valence-electron chi connectivity index (χ1n) is 12.0. The molecule has 0 fully saturated rings. The Morgan fingerprint density at radius 3 is 2.71 bits per heavy atom. The molecular formula is C28H26FN7O2. The van der Waals surface area contributed by atoms with Crippen LogP contribution < -0.4 is 20.4 Å². The quantitative estimate of drug-likeness (QED) is 0.353. The Bertz CT molecular complexity index is 1540. The third kappa shape index (κ3) is 4.88. The molecule has 5 rings (SSSR count). The molecule has 1 aliphatic rings. The van der Waals surface area contributed by atoms with Gasteiger partial charge in [-0.2, -0.15) is 4.98 Å². The van der Waals surface area contributed by atoms with Crippen molar-refractivity contribution in [3.05, 3.63) is 94.9 Å². The number of benzene rings is 2. The number of carbonyl (C=O) groups excluding carboxylic acids is 2. The Hall–Kier alpha value is -4.86. The summed E-state index contributed by atoms with van der Waals surface area (Å²) in [4.78, 5) is 42.5. The van der Waals surface area contributed by atoms with Gasteiger partial charge in [0, 0.05) is 36.3 Å². The Balaban J connectivity index is 1.39. The third-order valence-corrected chi connectivity index (χ3v) is 6.39. The highest BCUT2D eigenvalue weighted by molar-refractivity contribution is 6.07. The van der Waals surface area contributed by atoms with Crippen LogP contribution in [0.1, 0.15) is 32.6 Å². The maximum absolute atomic E-state index is 13.4. The second-order valence-corrected chi connectivity index (χ2v) is 9.08. The molecule has 10 heteroatoms. The maximum Gasteiger partial charge on any atom is 0.330 e. The number of aromatic nitrogens is 3. The third-order valence-electron chi connectivity index (χ3n) is 6.39. The van der Waals surface area contributed by atoms with Gasteiger partial charge >= 0.3 is 6.03 Å². The van der Waals surface area contributed by atoms with Gasteiger partial charge in [-0.05, 0) is 60.9 Å². The minimum atomic E-state index is -0.647. The molecule has 0 atom stereocenters. The van der Waals surface area contributed by atoms with Crippen LogP contribution in [0.25, 0.3) is 0 Å². The van der Waals surface area contributed by atoms with E-state index in [1.54, 1.807) is 60.9 Å². The molecule has 0 radical (unpaired) electrons. The number of hydrogen-bond acceptors (Lipinski definition) is 6. The van der Waals surface area contributed by atoms with Gasteiger partial charge in [0.2, 0.25) is 5.95 Å². The van der Waals surface area contributed by atoms with Crippen molar-refractivity contribution in [3.8, 4) is 0 Å². The summed E-state index contributed by atoms with van der Waals surface area (Å²) >= 11 is 0. The van der Waals surface area contributed by atoms with Crippen LogP contribution in [0.15, 0.2) is 67.1 Å². The molecule has 0 aliphatic carbocycles. The highest BCUT2D eigenvalue weighted by Crippen LogP contribution is 2.33. The number of nitrogens with zero attached hydrogens (tertiary/aromatic N) is 5. The monoisotopic (exact) mass is 511 g/mol. The number of aryl methyl sites for hydroxylation is 2. The number of alkyl halides is 1. The van der Waals surface area contributed by atoms with Crippen molar-refractivity contribution in [1.82, 2.24) is 15.0 Å². The predicted octanol–water partition coefficient (Wildman–Crippen LogP) is 5.53. The van der Waals surface area contributed by atoms with Gasteiger partial charge in [0.1, 0.15) is 12.5 Å². The van der Waals surface area contributed by atoms with E-state index in [-0.39, 0.29) is 18.5 Å². The highest BCUT2D eigenvalue weighted by Gasteiger charge is 2.31. The lowest BCUT2D eigenvalue weighted by molar-refractivity contribution is 0.102. The van der Waals surface area contributed by atoms with Crippen molar-refractivity contribution >= 4 is 40.8 Å². The molecule has 9 nitrogen and oxygen atoms in total. The van der Waals surface area contributed by atoms with E-state index in [9.17, 15) is 14.0 Å². The number of urea groups is 1. The van der Waals surface area contributed by atoms with Crippen molar-refractivity contribution in [2.45, 2.75) is 27.1 Å². The van der Waals surface area contributed by atoms with E-state index >= 15 is 0 Å². The summed E-state index contributed by atoms with van der Waals surface area (Å²) < 4.78 is 13.0. The minimum Gasteiger partial charge on any atom is -0.323 e. The van der Waals surface area contributed by atoms with E-state index in [2.05, 4.69) is 25.6 Å². The van der Waals surface area contributed by atoms with E-state index in [0.717, 1.165) is 22.4 Å². The minimum absolute atomic E-state index is 0.262. The summed E-state index contributed by atoms with van der Waals surface area (Å²) in [6.45, 7) is 3.47. The Morgan fingerprint density at radius 2 is 1.92 bits per heavy atom. The van der Waals surface area contributed by atoms with E-state index in [1.807, 2.05) is 26.0 Å². The average Bonchev–Trinajstić information content (AvgIpc) is 2.93. The van der Waals surface area contributed by atoms with Crippen LogP contribution in [0.4, 0.5) is 38.0 Å². The number of rotatable bonds is 6. The average molecular weight is 512 g/mol. The fourth-order valence-electron chi connectivity index (χ4n) is 4.25. The number of hydrogen-bond donors (Lipinski definition) is 2. The fourth-order valence-corrected chi connectivity index (χ4v) is 4.25. The topological polar surface area (TPSA) is 103 Å². The van der Waals surface area contributed by atoms with Crippen molar-refractivity contribution in [1.29, 1.82) is 0 Å². The first-order chi connectivity index (χ1) is 18.3. The summed E-state index contributed by atoms with van der Waals surface area (Å²) in [5.74, 6) is 0.519. The first kappa shape index (κ1) is 24.8. The molecule has 0 bridgehead atoms. The first-order valence-corrected chi connectivity index (χ1v) is 12.0. The molecule has 3 amide bonds. The van der Waals surface area contributed by atoms with Gasteiger partial charge in [-0.15, -0.1) is 0 Å². The molecule has 0 saturated heterocycles. The molecular weight excluding hydrogens is 485 g/mol. The smallest absolute Gasteiger partial charge is 0.323 e. The number of nitrogens with one attached hydrogen (secondary N) is 2. The van der Waals surface area contributed by atoms with E-state index in [0.29, 0.717) is 34.3 Å². The lowest BCUT2D eigenvalue weighted by Crippen LogP contribution is -2.46. The zero-order valence-electron chi connectivity index (χ0n) is 21.2. The molecule has 2 N–H and O–H groups in total. The van der Waals surface area contributed by atoms with Crippen molar-refractivity contribution in [2.75, 3.05) is 27.5 Å². The van der Waals surface area contributed by atoms with Crippen molar-refractivity contribution in [2.24, 2.45) is 0 Å². The molecule has 4 aromatic rings. The Labute approximate surface area is 219 Å². The summed E-state index contributed by atoms with van der Waals surface area (Å²) in [5, 5.41) is 6.00. The molecule has 2 aromatic carbocycles. The van der Waals surface area contributed by atoms with Crippen LogP contribution in [0.5, 0.6) is 0 Å². The molecule has 3 heterocycles. The molecule has 192 valence electrons. The molecule has 0 spiro atoms. The van der Waals surface area contributed by atoms with Crippen LogP contribution in [-0.2, 0) is 13.2 Å². The van der Waals surface area contributed by atoms with Crippen molar-refractivity contribution in [3.63, 3.8) is 0 Å². The van der Waals surface area contributed by atoms with Gasteiger partial charge in [-0.1, -0.05) is 18.2 Å². The Morgan fingerprint density at radius 1 is 1.08 bits per heavy atom. The van der Waals surface area contributed by atoms with Gasteiger partial charge in [0.25, 0.3) is 5.91 Å². The van der Waals surface area contributed by atoms with E-state index in [4.69, 9.17) is 0 Å². The Kier molecular flexibility index (Phi) is 6.69. The van der Waals surface area contributed by atoms with E-state index < -0.39 is 6.67 Å². The van der Waals surface area contributed by atoms with Gasteiger partial charge < -0.3 is 10.6 Å². The molecule has 0 unspecified atom stereocenters. The summed E-state index contributed by atoms with van der Waals surface area (Å²) in [6, 6.07) is 13.4. The zero-order valence-corrected chi connectivity index (χ0v) is 21.2. The number of fused-ring (bicyclic) bond motifs is 1. The number of halogens is 1. The molecule has 38 heavy (non-hydrogen) atoms. The second kappa shape index (κ2) is 10.3. The molecule has 0 saturated carbocycles. The number of anilines is 5. The molecule has 1 aliphatic heterocycles. The SMILES string of the molecule is Cc1ccncc1Nc1ncc2c(n1)N(C)C(=O)N(c1cc(NC(=O)c3cccc(CF)c3)ccc1C)C2. The second-order valence-electron chi connectivity index (χ2n) is 9.08. The lowest BCUT2D eigenvalue weighted by Gasteiger charge is -2.35. The van der Waals surface area contributed by atoms with Gasteiger partial charge in [0.05, 0.1) is 24.1 Å². The van der Waals surface area contributed by atoms with Gasteiger partial charge in [-0.3, -0.25) is 19.6 Å². The predicted molar refractivity (Wildman–Crippen MR) is 145 cm³/mol. The van der Waals surface area contributed by atoms with Gasteiger partial charge in [0.15, 0.2) is 0 Å². The number of carbonyl (C=O) groups is 2. The summed E-state index contributed by atoms with van der Waals surface area (Å²) in [7, 11) is 1.66. The highest BCUT2D eigenvalue weighted by atomic mass is 19.1. The standard InChI is InChI=1S/C28H26FN7O2/c1-17-9-10-30-15-23(17)33-27-31-14-21-16-36(28(38)35(3)25(21)34-27)24-12-22(8-7-18(24)2)32-26(37)20-6-4-5-19(11-20)13-29/h4-12,14-15H,13,16H2,1-3H3,(H,32,37)(H,31,33,34). The van der Waals surface area contributed by atoms with Gasteiger partial charge in [-0.25, -0.2) is 14.2 Å². The van der Waals surface area contributed by atoms with Crippen LogP contribution in [-0.4, -0.2) is 33.9 Å². The normalized spacial score (nSPS) is 12.8. The largest absolute Gasteiger partial charge is 0.330 e. The number of pyridine rings is 1. The summed E-state index contributed by atoms with van der Waals surface area (Å²) in [5.41, 5.74) is 5.36. The van der Waals surface area contributed by atoms with E-state index in [1.165, 1.54) is 11.0 Å². The fraction of sp³-hybridized carbons (Fsp3) is 0.179. The lowest BCUT2D eigenvalue weighted by atomic mass is 10.1. The van der Waals surface area contributed by atoms with Crippen LogP contribution >= 0.6 is 0 Å². The van der Waals surface area contributed by atoms with Crippen molar-refractivity contribution < 1.29 is 14.0 Å². The van der Waals surface area contributed by atoms with Crippen LogP contribution in [0, 0.1) is 13.8 Å². The molecule has 2 aromatic heterocycles. The summed E-state index contributed by atoms with van der Waals surface area (Å²) in [6.07, 6.45) is 5.11. The number of amides is 3. The maximum atomic E-state index is 13.4. The zero-order chi connectivity index (χ0) is 26.8. The van der Waals surface area contributed by atoms with Crippen LogP contribution in [0.2, 0.25) is 0 Å². The van der Waals surface area contributed by atoms with Crippen LogP contribution in [0.3, 0.4) is 0 Å².